The number of nitrogens with one attached hydrogen (secondary N) is 2. The van der Waals surface area contributed by atoms with Gasteiger partial charge in [-0.2, -0.15) is 0 Å². The van der Waals surface area contributed by atoms with Crippen LogP contribution in [-0.2, 0) is 17.8 Å². The van der Waals surface area contributed by atoms with E-state index in [9.17, 15) is 4.79 Å². The van der Waals surface area contributed by atoms with E-state index in [-0.39, 0.29) is 11.2 Å². The average Bonchev–Trinajstić information content (AvgIpc) is 3.20. The molecule has 6 nitrogen and oxygen atoms in total. The second kappa shape index (κ2) is 9.41. The Kier molecular flexibility index (Phi) is 6.71. The van der Waals surface area contributed by atoms with Crippen LogP contribution >= 0.6 is 11.8 Å². The highest BCUT2D eigenvalue weighted by Crippen LogP contribution is 2.23. The summed E-state index contributed by atoms with van der Waals surface area (Å²) < 4.78 is 5.14. The number of nitrogens with zero attached hydrogens (tertiary/aromatic N) is 2. The number of benzene rings is 2. The molecule has 0 bridgehead atoms. The molecule has 0 fully saturated rings. The quantitative estimate of drug-likeness (QED) is 0.566. The Labute approximate surface area is 169 Å². The van der Waals surface area contributed by atoms with Crippen LogP contribution in [0.2, 0.25) is 0 Å². The molecule has 2 aromatic carbocycles. The van der Waals surface area contributed by atoms with Gasteiger partial charge in [-0.3, -0.25) is 9.89 Å². The Bertz CT molecular complexity index is 907. The molecule has 1 atom stereocenters. The van der Waals surface area contributed by atoms with Crippen LogP contribution in [0.5, 0.6) is 5.75 Å². The number of aryl methyl sites for hydroxylation is 1. The smallest absolute Gasteiger partial charge is 0.233 e. The lowest BCUT2D eigenvalue weighted by Gasteiger charge is -2.10. The Morgan fingerprint density at radius 2 is 1.82 bits per heavy atom. The van der Waals surface area contributed by atoms with Gasteiger partial charge in [-0.05, 0) is 36.6 Å². The summed E-state index contributed by atoms with van der Waals surface area (Å²) in [5.74, 6) is 1.44. The molecular weight excluding hydrogens is 372 g/mol. The Balaban J connectivity index is 1.54. The Morgan fingerprint density at radius 3 is 2.46 bits per heavy atom. The largest absolute Gasteiger partial charge is 0.497 e. The van der Waals surface area contributed by atoms with E-state index in [1.165, 1.54) is 17.3 Å². The standard InChI is InChI=1S/C21H24N4O2S/c1-4-15-5-9-17(10-6-15)19-23-21(25-24-19)28-14(2)20(26)22-13-16-7-11-18(27-3)12-8-16/h5-12,14H,4,13H2,1-3H3,(H,22,26)(H,23,24,25). The first kappa shape index (κ1) is 19.9. The third-order valence-corrected chi connectivity index (χ3v) is 5.34. The summed E-state index contributed by atoms with van der Waals surface area (Å²) in [6.45, 7) is 4.44. The molecule has 1 amide bonds. The zero-order chi connectivity index (χ0) is 19.9. The number of aromatic nitrogens is 3. The molecule has 7 heteroatoms. The number of hydrogen-bond acceptors (Lipinski definition) is 5. The van der Waals surface area contributed by atoms with E-state index >= 15 is 0 Å². The number of thioether (sulfide) groups is 1. The van der Waals surface area contributed by atoms with Gasteiger partial charge in [0.15, 0.2) is 5.82 Å². The van der Waals surface area contributed by atoms with Gasteiger partial charge in [0.2, 0.25) is 11.1 Å². The first-order valence-electron chi connectivity index (χ1n) is 9.18. The third kappa shape index (κ3) is 5.13. The van der Waals surface area contributed by atoms with Crippen molar-refractivity contribution in [2.24, 2.45) is 0 Å². The zero-order valence-electron chi connectivity index (χ0n) is 16.2. The van der Waals surface area contributed by atoms with Crippen molar-refractivity contribution in [3.63, 3.8) is 0 Å². The maximum Gasteiger partial charge on any atom is 0.233 e. The van der Waals surface area contributed by atoms with Crippen molar-refractivity contribution < 1.29 is 9.53 Å². The Hall–Kier alpha value is -2.80. The summed E-state index contributed by atoms with van der Waals surface area (Å²) in [5.41, 5.74) is 3.27. The van der Waals surface area contributed by atoms with Crippen LogP contribution in [0, 0.1) is 0 Å². The van der Waals surface area contributed by atoms with Crippen molar-refractivity contribution in [3.05, 3.63) is 59.7 Å². The fraction of sp³-hybridized carbons (Fsp3) is 0.286. The molecule has 0 spiro atoms. The van der Waals surface area contributed by atoms with E-state index in [2.05, 4.69) is 39.6 Å². The van der Waals surface area contributed by atoms with Crippen molar-refractivity contribution in [1.82, 2.24) is 20.5 Å². The number of aromatic amines is 1. The van der Waals surface area contributed by atoms with Crippen LogP contribution in [0.3, 0.4) is 0 Å². The normalized spacial score (nSPS) is 11.8. The fourth-order valence-corrected chi connectivity index (χ4v) is 3.36. The summed E-state index contributed by atoms with van der Waals surface area (Å²) in [6.07, 6.45) is 1.00. The minimum absolute atomic E-state index is 0.0560. The second-order valence-corrected chi connectivity index (χ2v) is 7.65. The van der Waals surface area contributed by atoms with Crippen LogP contribution in [0.15, 0.2) is 53.7 Å². The number of methoxy groups -OCH3 is 1. The first-order valence-corrected chi connectivity index (χ1v) is 10.1. The van der Waals surface area contributed by atoms with Crippen molar-refractivity contribution in [3.8, 4) is 17.1 Å². The van der Waals surface area contributed by atoms with E-state index < -0.39 is 0 Å². The number of rotatable bonds is 8. The summed E-state index contributed by atoms with van der Waals surface area (Å²) in [5, 5.41) is 10.4. The molecule has 1 aromatic heterocycles. The molecule has 0 aliphatic rings. The summed E-state index contributed by atoms with van der Waals surface area (Å²) in [4.78, 5) is 16.9. The molecule has 28 heavy (non-hydrogen) atoms. The van der Waals surface area contributed by atoms with Crippen molar-refractivity contribution in [2.45, 2.75) is 37.2 Å². The Morgan fingerprint density at radius 1 is 1.14 bits per heavy atom. The van der Waals surface area contributed by atoms with Gasteiger partial charge in [0.25, 0.3) is 0 Å². The van der Waals surface area contributed by atoms with Crippen molar-refractivity contribution in [2.75, 3.05) is 7.11 Å². The van der Waals surface area contributed by atoms with Gasteiger partial charge in [0, 0.05) is 12.1 Å². The van der Waals surface area contributed by atoms with Crippen LogP contribution in [0.25, 0.3) is 11.4 Å². The molecular formula is C21H24N4O2S. The molecule has 0 radical (unpaired) electrons. The molecule has 2 N–H and O–H groups in total. The second-order valence-electron chi connectivity index (χ2n) is 6.34. The number of amides is 1. The zero-order valence-corrected chi connectivity index (χ0v) is 17.0. The maximum atomic E-state index is 12.4. The minimum Gasteiger partial charge on any atom is -0.497 e. The van der Waals surface area contributed by atoms with Gasteiger partial charge in [-0.25, -0.2) is 4.98 Å². The lowest BCUT2D eigenvalue weighted by Crippen LogP contribution is -2.30. The van der Waals surface area contributed by atoms with Gasteiger partial charge in [0.05, 0.1) is 12.4 Å². The monoisotopic (exact) mass is 396 g/mol. The van der Waals surface area contributed by atoms with E-state index in [0.717, 1.165) is 23.3 Å². The number of carbonyl (C=O) groups is 1. The molecule has 0 aliphatic heterocycles. The van der Waals surface area contributed by atoms with Gasteiger partial charge >= 0.3 is 0 Å². The minimum atomic E-state index is -0.302. The molecule has 3 aromatic rings. The van der Waals surface area contributed by atoms with Crippen molar-refractivity contribution in [1.29, 1.82) is 0 Å². The fourth-order valence-electron chi connectivity index (χ4n) is 2.61. The highest BCUT2D eigenvalue weighted by Gasteiger charge is 2.17. The predicted octanol–water partition coefficient (Wildman–Crippen LogP) is 3.84. The van der Waals surface area contributed by atoms with Gasteiger partial charge < -0.3 is 10.1 Å². The van der Waals surface area contributed by atoms with Crippen LogP contribution < -0.4 is 10.1 Å². The van der Waals surface area contributed by atoms with Crippen LogP contribution in [0.4, 0.5) is 0 Å². The molecule has 0 saturated carbocycles. The molecule has 0 saturated heterocycles. The highest BCUT2D eigenvalue weighted by molar-refractivity contribution is 8.00. The van der Waals surface area contributed by atoms with Crippen LogP contribution in [0.1, 0.15) is 25.0 Å². The number of ether oxygens (including phenoxy) is 1. The number of hydrogen-bond donors (Lipinski definition) is 2. The molecule has 1 unspecified atom stereocenters. The SMILES string of the molecule is CCc1ccc(-c2nc(SC(C)C(=O)NCc3ccc(OC)cc3)n[nH]2)cc1. The lowest BCUT2D eigenvalue weighted by atomic mass is 10.1. The lowest BCUT2D eigenvalue weighted by molar-refractivity contribution is -0.120. The van der Waals surface area contributed by atoms with Crippen molar-refractivity contribution >= 4 is 17.7 Å². The summed E-state index contributed by atoms with van der Waals surface area (Å²) >= 11 is 1.33. The number of H-pyrrole nitrogens is 1. The van der Waals surface area contributed by atoms with Gasteiger partial charge in [-0.15, -0.1) is 5.10 Å². The predicted molar refractivity (Wildman–Crippen MR) is 111 cm³/mol. The first-order chi connectivity index (χ1) is 13.6. The number of carbonyl (C=O) groups excluding carboxylic acids is 1. The summed E-state index contributed by atoms with van der Waals surface area (Å²) in [6, 6.07) is 15.8. The maximum absolute atomic E-state index is 12.4. The third-order valence-electron chi connectivity index (χ3n) is 4.38. The molecule has 146 valence electrons. The average molecular weight is 397 g/mol. The van der Waals surface area contributed by atoms with Gasteiger partial charge in [-0.1, -0.05) is 55.1 Å². The van der Waals surface area contributed by atoms with E-state index in [4.69, 9.17) is 4.74 Å². The molecule has 0 aliphatic carbocycles. The molecule has 3 rings (SSSR count). The summed E-state index contributed by atoms with van der Waals surface area (Å²) in [7, 11) is 1.63. The van der Waals surface area contributed by atoms with E-state index in [1.54, 1.807) is 7.11 Å². The van der Waals surface area contributed by atoms with E-state index in [1.807, 2.05) is 43.3 Å². The highest BCUT2D eigenvalue weighted by atomic mass is 32.2. The van der Waals surface area contributed by atoms with Gasteiger partial charge in [0.1, 0.15) is 5.75 Å². The van der Waals surface area contributed by atoms with Crippen LogP contribution in [-0.4, -0.2) is 33.4 Å². The topological polar surface area (TPSA) is 79.9 Å². The molecule has 1 heterocycles. The van der Waals surface area contributed by atoms with E-state index in [0.29, 0.717) is 17.5 Å².